The lowest BCUT2D eigenvalue weighted by molar-refractivity contribution is -0.140. The first kappa shape index (κ1) is 35.1. The van der Waals surface area contributed by atoms with E-state index in [9.17, 15) is 18.0 Å². The summed E-state index contributed by atoms with van der Waals surface area (Å²) in [4.78, 5) is 29.5. The first-order valence-corrected chi connectivity index (χ1v) is 17.0. The van der Waals surface area contributed by atoms with E-state index in [1.807, 2.05) is 37.3 Å². The summed E-state index contributed by atoms with van der Waals surface area (Å²) >= 11 is 19.4. The summed E-state index contributed by atoms with van der Waals surface area (Å²) in [6.45, 7) is 3.06. The predicted molar refractivity (Wildman–Crippen MR) is 183 cm³/mol. The fourth-order valence-electron chi connectivity index (χ4n) is 4.91. The largest absolute Gasteiger partial charge is 0.495 e. The first-order valence-electron chi connectivity index (χ1n) is 14.4. The molecule has 4 aromatic rings. The number of carbonyl (C=O) groups excluding carboxylic acids is 2. The average molecular weight is 703 g/mol. The number of nitrogens with one attached hydrogen (secondary N) is 1. The summed E-state index contributed by atoms with van der Waals surface area (Å²) in [5.41, 5.74) is 2.12. The highest BCUT2D eigenvalue weighted by Gasteiger charge is 2.36. The van der Waals surface area contributed by atoms with E-state index >= 15 is 0 Å². The zero-order chi connectivity index (χ0) is 33.4. The molecule has 242 valence electrons. The van der Waals surface area contributed by atoms with Gasteiger partial charge in [0.1, 0.15) is 18.3 Å². The summed E-state index contributed by atoms with van der Waals surface area (Å²) in [5.74, 6) is -0.921. The van der Waals surface area contributed by atoms with Crippen molar-refractivity contribution in [2.45, 2.75) is 37.8 Å². The molecule has 1 atom stereocenters. The van der Waals surface area contributed by atoms with E-state index in [2.05, 4.69) is 5.32 Å². The number of rotatable bonds is 13. The molecule has 0 aliphatic rings. The molecular weight excluding hydrogens is 669 g/mol. The lowest BCUT2D eigenvalue weighted by Crippen LogP contribution is -2.53. The molecule has 12 heteroatoms. The maximum Gasteiger partial charge on any atom is 0.264 e. The second-order valence-corrected chi connectivity index (χ2v) is 13.6. The number of hydrogen-bond donors (Lipinski definition) is 1. The van der Waals surface area contributed by atoms with Crippen LogP contribution in [0.3, 0.4) is 0 Å². The molecule has 0 aliphatic carbocycles. The van der Waals surface area contributed by atoms with Crippen molar-refractivity contribution < 1.29 is 22.7 Å². The van der Waals surface area contributed by atoms with Crippen molar-refractivity contribution in [2.24, 2.45) is 0 Å². The normalized spacial score (nSPS) is 11.9. The van der Waals surface area contributed by atoms with Gasteiger partial charge in [-0.15, -0.1) is 0 Å². The third kappa shape index (κ3) is 8.33. The summed E-state index contributed by atoms with van der Waals surface area (Å²) in [6.07, 6.45) is 0.145. The molecule has 4 aromatic carbocycles. The smallest absolute Gasteiger partial charge is 0.264 e. The molecule has 0 aliphatic heterocycles. The number of hydrogen-bond acceptors (Lipinski definition) is 5. The Balaban J connectivity index is 1.88. The van der Waals surface area contributed by atoms with Crippen molar-refractivity contribution in [1.82, 2.24) is 10.2 Å². The minimum absolute atomic E-state index is 0.0433. The highest BCUT2D eigenvalue weighted by molar-refractivity contribution is 7.92. The molecule has 8 nitrogen and oxygen atoms in total. The number of amides is 2. The van der Waals surface area contributed by atoms with Crippen molar-refractivity contribution in [3.8, 4) is 5.75 Å². The van der Waals surface area contributed by atoms with Gasteiger partial charge in [0.2, 0.25) is 11.8 Å². The maximum atomic E-state index is 14.6. The van der Waals surface area contributed by atoms with Gasteiger partial charge in [0.05, 0.1) is 17.7 Å². The van der Waals surface area contributed by atoms with Crippen LogP contribution >= 0.6 is 34.8 Å². The number of halogens is 3. The van der Waals surface area contributed by atoms with Crippen molar-refractivity contribution in [2.75, 3.05) is 24.5 Å². The molecule has 46 heavy (non-hydrogen) atoms. The molecule has 0 fully saturated rings. The van der Waals surface area contributed by atoms with Crippen LogP contribution in [0.15, 0.2) is 95.9 Å². The standard InChI is InChI=1S/C34H34Cl3N3O5S/c1-4-38-34(42)31(19-24-9-6-5-7-10-24)39(21-27-28(36)11-8-12-29(27)37)33(41)22-40(30-20-25(35)15-18-32(30)45-3)46(43,44)26-16-13-23(2)14-17-26/h5-18,20,31H,4,19,21-22H2,1-3H3,(H,38,42). The molecule has 4 rings (SSSR count). The van der Waals surface area contributed by atoms with Crippen LogP contribution in [0.1, 0.15) is 23.6 Å². The number of carbonyl (C=O) groups is 2. The van der Waals surface area contributed by atoms with Gasteiger partial charge in [0.15, 0.2) is 0 Å². The van der Waals surface area contributed by atoms with Gasteiger partial charge >= 0.3 is 0 Å². The molecule has 0 spiro atoms. The van der Waals surface area contributed by atoms with Gasteiger partial charge in [-0.2, -0.15) is 0 Å². The molecule has 1 N–H and O–H groups in total. The Hall–Kier alpha value is -3.76. The molecule has 1 unspecified atom stereocenters. The lowest BCUT2D eigenvalue weighted by Gasteiger charge is -2.34. The molecule has 0 aromatic heterocycles. The number of sulfonamides is 1. The summed E-state index contributed by atoms with van der Waals surface area (Å²) in [7, 11) is -2.97. The van der Waals surface area contributed by atoms with E-state index in [-0.39, 0.29) is 34.3 Å². The van der Waals surface area contributed by atoms with Gasteiger partial charge in [-0.1, -0.05) is 88.9 Å². The molecule has 0 saturated heterocycles. The monoisotopic (exact) mass is 701 g/mol. The molecule has 0 saturated carbocycles. The Labute approximate surface area is 284 Å². The quantitative estimate of drug-likeness (QED) is 0.163. The van der Waals surface area contributed by atoms with Gasteiger partial charge in [-0.3, -0.25) is 13.9 Å². The van der Waals surface area contributed by atoms with Crippen LogP contribution < -0.4 is 14.4 Å². The van der Waals surface area contributed by atoms with E-state index in [4.69, 9.17) is 39.5 Å². The Morgan fingerprint density at radius 2 is 1.54 bits per heavy atom. The van der Waals surface area contributed by atoms with E-state index in [1.54, 1.807) is 43.3 Å². The number of benzene rings is 4. The average Bonchev–Trinajstić information content (AvgIpc) is 3.03. The van der Waals surface area contributed by atoms with Crippen molar-refractivity contribution in [1.29, 1.82) is 0 Å². The zero-order valence-corrected chi connectivity index (χ0v) is 28.6. The Bertz CT molecular complexity index is 1770. The molecular formula is C34H34Cl3N3O5S. The summed E-state index contributed by atoms with van der Waals surface area (Å²) in [5, 5.41) is 3.64. The van der Waals surface area contributed by atoms with Crippen LogP contribution in [0, 0.1) is 6.92 Å². The van der Waals surface area contributed by atoms with Crippen molar-refractivity contribution >= 4 is 62.3 Å². The first-order chi connectivity index (χ1) is 22.0. The number of anilines is 1. The topological polar surface area (TPSA) is 96.0 Å². The van der Waals surface area contributed by atoms with E-state index in [0.29, 0.717) is 22.2 Å². The third-order valence-corrected chi connectivity index (χ3v) is 10.0. The van der Waals surface area contributed by atoms with Crippen LogP contribution in [0.5, 0.6) is 5.75 Å². The van der Waals surface area contributed by atoms with Gasteiger partial charge in [-0.25, -0.2) is 8.42 Å². The van der Waals surface area contributed by atoms with Crippen LogP contribution in [0.2, 0.25) is 15.1 Å². The minimum Gasteiger partial charge on any atom is -0.495 e. The lowest BCUT2D eigenvalue weighted by atomic mass is 10.0. The van der Waals surface area contributed by atoms with Gasteiger partial charge in [0, 0.05) is 40.1 Å². The number of nitrogens with zero attached hydrogens (tertiary/aromatic N) is 2. The molecule has 2 amide bonds. The van der Waals surface area contributed by atoms with E-state index in [0.717, 1.165) is 15.4 Å². The van der Waals surface area contributed by atoms with Crippen LogP contribution in [-0.2, 0) is 32.6 Å². The van der Waals surface area contributed by atoms with Crippen molar-refractivity contribution in [3.05, 3.63) is 123 Å². The van der Waals surface area contributed by atoms with Gasteiger partial charge in [0.25, 0.3) is 10.0 Å². The SMILES string of the molecule is CCNC(=O)C(Cc1ccccc1)N(Cc1c(Cl)cccc1Cl)C(=O)CN(c1cc(Cl)ccc1OC)S(=O)(=O)c1ccc(C)cc1. The highest BCUT2D eigenvalue weighted by atomic mass is 35.5. The molecule has 0 heterocycles. The highest BCUT2D eigenvalue weighted by Crippen LogP contribution is 2.35. The summed E-state index contributed by atoms with van der Waals surface area (Å²) in [6, 6.07) is 23.9. The molecule has 0 radical (unpaired) electrons. The summed E-state index contributed by atoms with van der Waals surface area (Å²) < 4.78 is 35.0. The van der Waals surface area contributed by atoms with E-state index in [1.165, 1.54) is 36.3 Å². The second kappa shape index (κ2) is 15.7. The fourth-order valence-corrected chi connectivity index (χ4v) is 7.01. The number of aryl methyl sites for hydroxylation is 1. The number of methoxy groups -OCH3 is 1. The minimum atomic E-state index is -4.36. The fraction of sp³-hybridized carbons (Fsp3) is 0.235. The van der Waals surface area contributed by atoms with Crippen LogP contribution in [-0.4, -0.2) is 51.4 Å². The Morgan fingerprint density at radius 1 is 0.891 bits per heavy atom. The molecule has 0 bridgehead atoms. The third-order valence-electron chi connectivity index (χ3n) is 7.31. The predicted octanol–water partition coefficient (Wildman–Crippen LogP) is 6.94. The Kier molecular flexibility index (Phi) is 12.0. The van der Waals surface area contributed by atoms with Crippen LogP contribution in [0.4, 0.5) is 5.69 Å². The van der Waals surface area contributed by atoms with E-state index < -0.39 is 34.4 Å². The maximum absolute atomic E-state index is 14.6. The second-order valence-electron chi connectivity index (χ2n) is 10.5. The number of likely N-dealkylation sites (N-methyl/N-ethyl adjacent to an activating group) is 1. The van der Waals surface area contributed by atoms with Gasteiger partial charge in [-0.05, 0) is 61.9 Å². The number of ether oxygens (including phenoxy) is 1. The zero-order valence-electron chi connectivity index (χ0n) is 25.5. The van der Waals surface area contributed by atoms with Crippen molar-refractivity contribution in [3.63, 3.8) is 0 Å². The van der Waals surface area contributed by atoms with Gasteiger partial charge < -0.3 is 15.0 Å². The Morgan fingerprint density at radius 3 is 2.15 bits per heavy atom. The van der Waals surface area contributed by atoms with Crippen LogP contribution in [0.25, 0.3) is 0 Å².